The molecule has 1 aliphatic carbocycles. The fourth-order valence-electron chi connectivity index (χ4n) is 1.88. The molecule has 0 aromatic heterocycles. The van der Waals surface area contributed by atoms with Gasteiger partial charge in [0, 0.05) is 12.1 Å². The van der Waals surface area contributed by atoms with Gasteiger partial charge in [-0.25, -0.2) is 0 Å². The molecule has 2 heteroatoms. The molecular weight excluding hydrogens is 234 g/mol. The lowest BCUT2D eigenvalue weighted by atomic mass is 10.1. The molecule has 0 radical (unpaired) electrons. The summed E-state index contributed by atoms with van der Waals surface area (Å²) in [5.74, 6) is 4.29. The highest BCUT2D eigenvalue weighted by Crippen LogP contribution is 2.27. The van der Waals surface area contributed by atoms with Crippen LogP contribution in [0.2, 0.25) is 13.1 Å². The Hall–Kier alpha value is -1.04. The zero-order valence-electron chi connectivity index (χ0n) is 11.7. The van der Waals surface area contributed by atoms with Crippen molar-refractivity contribution < 1.29 is 0 Å². The Balaban J connectivity index is 1.98. The normalized spacial score (nSPS) is 14.4. The lowest BCUT2D eigenvalue weighted by molar-refractivity contribution is 0.638. The van der Waals surface area contributed by atoms with Crippen LogP contribution in [0, 0.1) is 24.3 Å². The summed E-state index contributed by atoms with van der Waals surface area (Å²) in [7, 11) is -0.781. The van der Waals surface area contributed by atoms with Crippen LogP contribution in [0.5, 0.6) is 0 Å². The summed E-state index contributed by atoms with van der Waals surface area (Å²) in [6.45, 7) is 8.83. The fourth-order valence-corrected chi connectivity index (χ4v) is 2.32. The van der Waals surface area contributed by atoms with E-state index in [0.717, 1.165) is 12.5 Å². The minimum absolute atomic E-state index is 0.781. The maximum absolute atomic E-state index is 3.54. The van der Waals surface area contributed by atoms with Crippen molar-refractivity contribution in [3.05, 3.63) is 34.9 Å². The largest absolute Gasteiger partial charge is 0.312 e. The minimum Gasteiger partial charge on any atom is -0.312 e. The fraction of sp³-hybridized carbons (Fsp3) is 0.500. The van der Waals surface area contributed by atoms with Crippen molar-refractivity contribution in [3.63, 3.8) is 0 Å². The van der Waals surface area contributed by atoms with Crippen LogP contribution in [0.3, 0.4) is 0 Å². The molecule has 2 rings (SSSR count). The minimum atomic E-state index is -0.781. The first-order chi connectivity index (χ1) is 8.65. The van der Waals surface area contributed by atoms with Gasteiger partial charge in [-0.2, -0.15) is 0 Å². The van der Waals surface area contributed by atoms with Gasteiger partial charge in [0.2, 0.25) is 0 Å². The lowest BCUT2D eigenvalue weighted by Gasteiger charge is -2.06. The van der Waals surface area contributed by atoms with E-state index in [-0.39, 0.29) is 0 Å². The van der Waals surface area contributed by atoms with E-state index in [1.165, 1.54) is 36.1 Å². The van der Waals surface area contributed by atoms with Crippen molar-refractivity contribution in [1.29, 1.82) is 0 Å². The van der Waals surface area contributed by atoms with Gasteiger partial charge in [0.1, 0.15) is 8.80 Å². The second-order valence-electron chi connectivity index (χ2n) is 5.65. The Bertz CT molecular complexity index is 464. The van der Waals surface area contributed by atoms with E-state index in [2.05, 4.69) is 55.0 Å². The molecule has 96 valence electrons. The third-order valence-electron chi connectivity index (χ3n) is 3.26. The van der Waals surface area contributed by atoms with Gasteiger partial charge in [-0.05, 0) is 49.4 Å². The third kappa shape index (κ3) is 4.32. The van der Waals surface area contributed by atoms with Crippen LogP contribution in [0.1, 0.15) is 29.5 Å². The molecule has 18 heavy (non-hydrogen) atoms. The molecule has 1 saturated carbocycles. The smallest absolute Gasteiger partial charge is 0.117 e. The van der Waals surface area contributed by atoms with Crippen molar-refractivity contribution in [1.82, 2.24) is 5.32 Å². The van der Waals surface area contributed by atoms with E-state index in [0.29, 0.717) is 0 Å². The van der Waals surface area contributed by atoms with Gasteiger partial charge in [0.05, 0.1) is 0 Å². The molecule has 0 atom stereocenters. The number of rotatable bonds is 4. The highest BCUT2D eigenvalue weighted by molar-refractivity contribution is 6.64. The van der Waals surface area contributed by atoms with E-state index in [4.69, 9.17) is 0 Å². The molecule has 0 amide bonds. The number of aryl methyl sites for hydroxylation is 1. The van der Waals surface area contributed by atoms with Gasteiger partial charge in [-0.3, -0.25) is 0 Å². The molecule has 0 heterocycles. The summed E-state index contributed by atoms with van der Waals surface area (Å²) in [6.07, 6.45) is 2.83. The van der Waals surface area contributed by atoms with Crippen LogP contribution in [-0.2, 0) is 6.54 Å². The zero-order chi connectivity index (χ0) is 13.0. The predicted molar refractivity (Wildman–Crippen MR) is 81.4 cm³/mol. The molecule has 1 aliphatic rings. The van der Waals surface area contributed by atoms with Crippen LogP contribution in [0.15, 0.2) is 18.2 Å². The molecular formula is C16H23NSi. The molecule has 1 fully saturated rings. The van der Waals surface area contributed by atoms with Gasteiger partial charge >= 0.3 is 0 Å². The van der Waals surface area contributed by atoms with Gasteiger partial charge in [-0.15, -0.1) is 5.54 Å². The molecule has 1 aromatic carbocycles. The Morgan fingerprint density at radius 3 is 2.78 bits per heavy atom. The standard InChI is InChI=1S/C16H23NSi/c1-13-4-5-15(12-17-11-14-6-7-14)10-16(13)8-9-18(2)3/h4-5,10,14,17-18H,6-7,11-12H2,1-3H3. The van der Waals surface area contributed by atoms with Crippen LogP contribution in [-0.4, -0.2) is 15.3 Å². The van der Waals surface area contributed by atoms with Gasteiger partial charge < -0.3 is 5.32 Å². The molecule has 1 nitrogen and oxygen atoms in total. The highest BCUT2D eigenvalue weighted by atomic mass is 28.3. The number of hydrogen-bond donors (Lipinski definition) is 1. The summed E-state index contributed by atoms with van der Waals surface area (Å²) < 4.78 is 0. The number of hydrogen-bond acceptors (Lipinski definition) is 1. The first-order valence-electron chi connectivity index (χ1n) is 6.97. The van der Waals surface area contributed by atoms with Crippen molar-refractivity contribution in [2.75, 3.05) is 6.54 Å². The summed E-state index contributed by atoms with van der Waals surface area (Å²) >= 11 is 0. The third-order valence-corrected chi connectivity index (χ3v) is 3.98. The van der Waals surface area contributed by atoms with Gasteiger partial charge in [-0.1, -0.05) is 31.1 Å². The average Bonchev–Trinajstić information content (AvgIpc) is 3.13. The molecule has 1 aromatic rings. The monoisotopic (exact) mass is 257 g/mol. The van der Waals surface area contributed by atoms with Crippen LogP contribution >= 0.6 is 0 Å². The quantitative estimate of drug-likeness (QED) is 0.646. The topological polar surface area (TPSA) is 12.0 Å². The molecule has 0 unspecified atom stereocenters. The van der Waals surface area contributed by atoms with Crippen LogP contribution in [0.4, 0.5) is 0 Å². The summed E-state index contributed by atoms with van der Waals surface area (Å²) in [5, 5.41) is 3.54. The summed E-state index contributed by atoms with van der Waals surface area (Å²) in [5.41, 5.74) is 7.24. The molecule has 0 bridgehead atoms. The van der Waals surface area contributed by atoms with E-state index in [1.807, 2.05) is 0 Å². The van der Waals surface area contributed by atoms with Crippen LogP contribution < -0.4 is 5.32 Å². The predicted octanol–water partition coefficient (Wildman–Crippen LogP) is 2.87. The average molecular weight is 257 g/mol. The first kappa shape index (κ1) is 13.4. The Morgan fingerprint density at radius 2 is 2.11 bits per heavy atom. The summed E-state index contributed by atoms with van der Waals surface area (Å²) in [4.78, 5) is 0. The second-order valence-corrected chi connectivity index (χ2v) is 8.25. The summed E-state index contributed by atoms with van der Waals surface area (Å²) in [6, 6.07) is 6.66. The first-order valence-corrected chi connectivity index (χ1v) is 9.85. The Morgan fingerprint density at radius 1 is 1.33 bits per heavy atom. The van der Waals surface area contributed by atoms with Crippen molar-refractivity contribution in [2.24, 2.45) is 5.92 Å². The maximum Gasteiger partial charge on any atom is 0.117 e. The lowest BCUT2D eigenvalue weighted by Crippen LogP contribution is -2.16. The SMILES string of the molecule is Cc1ccc(CNCC2CC2)cc1C#C[SiH](C)C. The van der Waals surface area contributed by atoms with E-state index < -0.39 is 8.80 Å². The van der Waals surface area contributed by atoms with E-state index in [1.54, 1.807) is 0 Å². The van der Waals surface area contributed by atoms with Crippen molar-refractivity contribution in [3.8, 4) is 11.5 Å². The molecule has 0 saturated heterocycles. The van der Waals surface area contributed by atoms with Gasteiger partial charge in [0.25, 0.3) is 0 Å². The van der Waals surface area contributed by atoms with E-state index in [9.17, 15) is 0 Å². The number of nitrogens with one attached hydrogen (secondary N) is 1. The van der Waals surface area contributed by atoms with Crippen molar-refractivity contribution >= 4 is 8.80 Å². The number of benzene rings is 1. The second kappa shape index (κ2) is 6.22. The molecule has 0 aliphatic heterocycles. The van der Waals surface area contributed by atoms with Crippen molar-refractivity contribution in [2.45, 2.75) is 39.4 Å². The van der Waals surface area contributed by atoms with E-state index >= 15 is 0 Å². The Labute approximate surface area is 113 Å². The maximum atomic E-state index is 3.54. The molecule has 1 N–H and O–H groups in total. The van der Waals surface area contributed by atoms with Gasteiger partial charge in [0.15, 0.2) is 0 Å². The van der Waals surface area contributed by atoms with Crippen LogP contribution in [0.25, 0.3) is 0 Å². The Kier molecular flexibility index (Phi) is 4.63. The zero-order valence-corrected chi connectivity index (χ0v) is 12.9. The molecule has 0 spiro atoms. The highest BCUT2D eigenvalue weighted by Gasteiger charge is 2.20.